The van der Waals surface area contributed by atoms with Gasteiger partial charge in [-0.15, -0.1) is 0 Å². The lowest BCUT2D eigenvalue weighted by Gasteiger charge is -2.25. The van der Waals surface area contributed by atoms with E-state index < -0.39 is 5.60 Å². The molecule has 0 spiro atoms. The highest BCUT2D eigenvalue weighted by Crippen LogP contribution is 2.29. The summed E-state index contributed by atoms with van der Waals surface area (Å²) in [4.78, 5) is 6.33. The van der Waals surface area contributed by atoms with Gasteiger partial charge in [0, 0.05) is 19.8 Å². The molecule has 98 valence electrons. The molecule has 0 aliphatic carbocycles. The summed E-state index contributed by atoms with van der Waals surface area (Å²) in [6, 6.07) is 4.07. The van der Waals surface area contributed by atoms with Crippen molar-refractivity contribution in [3.05, 3.63) is 23.3 Å². The molecule has 4 heteroatoms. The molecule has 0 saturated carbocycles. The van der Waals surface area contributed by atoms with E-state index >= 15 is 0 Å². The van der Waals surface area contributed by atoms with E-state index in [9.17, 15) is 5.11 Å². The number of nitrogen functional groups attached to an aromatic ring is 1. The number of aliphatic imine (C=N–C) groups is 1. The van der Waals surface area contributed by atoms with Gasteiger partial charge < -0.3 is 15.7 Å². The molecule has 1 aliphatic heterocycles. The fourth-order valence-corrected chi connectivity index (χ4v) is 2.06. The van der Waals surface area contributed by atoms with Crippen molar-refractivity contribution in [3.8, 4) is 0 Å². The number of nitrogens with zero attached hydrogens (tertiary/aromatic N) is 2. The minimum absolute atomic E-state index is 0.650. The Balaban J connectivity index is 2.14. The summed E-state index contributed by atoms with van der Waals surface area (Å²) in [5.41, 5.74) is 9.53. The van der Waals surface area contributed by atoms with Crippen molar-refractivity contribution in [1.82, 2.24) is 0 Å². The van der Waals surface area contributed by atoms with Gasteiger partial charge in [-0.3, -0.25) is 4.99 Å². The first-order valence-electron chi connectivity index (χ1n) is 6.22. The topological polar surface area (TPSA) is 61.8 Å². The molecule has 0 amide bonds. The van der Waals surface area contributed by atoms with E-state index in [1.165, 1.54) is 5.56 Å². The molecule has 0 saturated heterocycles. The zero-order chi connectivity index (χ0) is 13.3. The molecule has 1 aliphatic rings. The molecule has 0 radical (unpaired) electrons. The van der Waals surface area contributed by atoms with Crippen molar-refractivity contribution < 1.29 is 5.11 Å². The Hall–Kier alpha value is -1.55. The molecule has 4 nitrogen and oxygen atoms in total. The fraction of sp³-hybridized carbons (Fsp3) is 0.500. The highest BCUT2D eigenvalue weighted by atomic mass is 16.3. The number of hydrogen-bond acceptors (Lipinski definition) is 4. The number of rotatable bonds is 4. The third-order valence-electron chi connectivity index (χ3n) is 3.25. The molecule has 0 fully saturated rings. The molecular formula is C14H21N3O. The average molecular weight is 247 g/mol. The smallest absolute Gasteiger partial charge is 0.0647 e. The third kappa shape index (κ3) is 2.82. The Kier molecular flexibility index (Phi) is 3.30. The van der Waals surface area contributed by atoms with Crippen LogP contribution in [0, 0.1) is 0 Å². The second kappa shape index (κ2) is 4.61. The SMILES string of the molecule is CN(CCC(C)(C)O)c1cc2c(cc1N)C=NC2. The predicted octanol–water partition coefficient (Wildman–Crippen LogP) is 1.80. The molecular weight excluding hydrogens is 226 g/mol. The van der Waals surface area contributed by atoms with Gasteiger partial charge in [0.05, 0.1) is 23.5 Å². The minimum atomic E-state index is -0.650. The molecule has 2 rings (SSSR count). The highest BCUT2D eigenvalue weighted by molar-refractivity contribution is 5.88. The van der Waals surface area contributed by atoms with Crippen molar-refractivity contribution in [2.24, 2.45) is 4.99 Å². The zero-order valence-corrected chi connectivity index (χ0v) is 11.3. The van der Waals surface area contributed by atoms with Crippen LogP contribution in [0.1, 0.15) is 31.4 Å². The second-order valence-electron chi connectivity index (χ2n) is 5.56. The van der Waals surface area contributed by atoms with Gasteiger partial charge in [0.2, 0.25) is 0 Å². The van der Waals surface area contributed by atoms with Gasteiger partial charge in [-0.05, 0) is 43.5 Å². The summed E-state index contributed by atoms with van der Waals surface area (Å²) in [6.45, 7) is 5.15. The van der Waals surface area contributed by atoms with Crippen LogP contribution in [-0.4, -0.2) is 30.5 Å². The van der Waals surface area contributed by atoms with Gasteiger partial charge in [-0.25, -0.2) is 0 Å². The first-order chi connectivity index (χ1) is 8.37. The quantitative estimate of drug-likeness (QED) is 0.797. The van der Waals surface area contributed by atoms with Crippen molar-refractivity contribution in [3.63, 3.8) is 0 Å². The van der Waals surface area contributed by atoms with Crippen molar-refractivity contribution >= 4 is 17.6 Å². The van der Waals surface area contributed by atoms with Gasteiger partial charge >= 0.3 is 0 Å². The van der Waals surface area contributed by atoms with Crippen LogP contribution in [0.15, 0.2) is 17.1 Å². The maximum atomic E-state index is 9.76. The van der Waals surface area contributed by atoms with Crippen LogP contribution in [0.4, 0.5) is 11.4 Å². The van der Waals surface area contributed by atoms with Gasteiger partial charge in [0.15, 0.2) is 0 Å². The monoisotopic (exact) mass is 247 g/mol. The average Bonchev–Trinajstić information content (AvgIpc) is 2.70. The van der Waals surface area contributed by atoms with Gasteiger partial charge in [-0.1, -0.05) is 0 Å². The van der Waals surface area contributed by atoms with E-state index in [2.05, 4.69) is 16.0 Å². The number of nitrogens with two attached hydrogens (primary N) is 1. The van der Waals surface area contributed by atoms with Gasteiger partial charge in [-0.2, -0.15) is 0 Å². The highest BCUT2D eigenvalue weighted by Gasteiger charge is 2.16. The standard InChI is InChI=1S/C14H21N3O/c1-14(2,18)4-5-17(3)13-7-11-9-16-8-10(11)6-12(13)15/h6-8,18H,4-5,9,15H2,1-3H3. The van der Waals surface area contributed by atoms with Gasteiger partial charge in [0.25, 0.3) is 0 Å². The molecule has 0 bridgehead atoms. The Bertz CT molecular complexity index is 475. The fourth-order valence-electron chi connectivity index (χ4n) is 2.06. The van der Waals surface area contributed by atoms with Crippen LogP contribution in [-0.2, 0) is 6.54 Å². The molecule has 0 aromatic heterocycles. The summed E-state index contributed by atoms with van der Waals surface area (Å²) in [7, 11) is 2.00. The van der Waals surface area contributed by atoms with E-state index in [1.807, 2.05) is 33.2 Å². The Morgan fingerprint density at radius 2 is 2.17 bits per heavy atom. The van der Waals surface area contributed by atoms with Crippen LogP contribution < -0.4 is 10.6 Å². The maximum absolute atomic E-state index is 9.76. The zero-order valence-electron chi connectivity index (χ0n) is 11.3. The molecule has 1 aromatic carbocycles. The summed E-state index contributed by atoms with van der Waals surface area (Å²) in [6.07, 6.45) is 2.57. The molecule has 3 N–H and O–H groups in total. The first kappa shape index (κ1) is 12.9. The normalized spacial score (nSPS) is 13.8. The van der Waals surface area contributed by atoms with Crippen molar-refractivity contribution in [2.75, 3.05) is 24.2 Å². The van der Waals surface area contributed by atoms with E-state index in [0.717, 1.165) is 30.0 Å². The van der Waals surface area contributed by atoms with Crippen LogP contribution in [0.25, 0.3) is 0 Å². The van der Waals surface area contributed by atoms with E-state index in [0.29, 0.717) is 6.42 Å². The van der Waals surface area contributed by atoms with E-state index in [1.54, 1.807) is 0 Å². The third-order valence-corrected chi connectivity index (χ3v) is 3.25. The van der Waals surface area contributed by atoms with Crippen molar-refractivity contribution in [1.29, 1.82) is 0 Å². The van der Waals surface area contributed by atoms with Crippen LogP contribution in [0.5, 0.6) is 0 Å². The largest absolute Gasteiger partial charge is 0.397 e. The second-order valence-corrected chi connectivity index (χ2v) is 5.56. The molecule has 1 heterocycles. The summed E-state index contributed by atoms with van der Waals surface area (Å²) >= 11 is 0. The molecule has 18 heavy (non-hydrogen) atoms. The van der Waals surface area contributed by atoms with Crippen molar-refractivity contribution in [2.45, 2.75) is 32.4 Å². The van der Waals surface area contributed by atoms with Crippen LogP contribution in [0.2, 0.25) is 0 Å². The lowest BCUT2D eigenvalue weighted by atomic mass is 10.0. The minimum Gasteiger partial charge on any atom is -0.397 e. The lowest BCUT2D eigenvalue weighted by Crippen LogP contribution is -2.28. The summed E-state index contributed by atoms with van der Waals surface area (Å²) in [5, 5.41) is 9.76. The van der Waals surface area contributed by atoms with E-state index in [-0.39, 0.29) is 0 Å². The first-order valence-corrected chi connectivity index (χ1v) is 6.22. The number of hydrogen-bond donors (Lipinski definition) is 2. The van der Waals surface area contributed by atoms with Gasteiger partial charge in [0.1, 0.15) is 0 Å². The maximum Gasteiger partial charge on any atom is 0.0647 e. The number of benzene rings is 1. The summed E-state index contributed by atoms with van der Waals surface area (Å²) in [5.74, 6) is 0. The Morgan fingerprint density at radius 3 is 2.83 bits per heavy atom. The Morgan fingerprint density at radius 1 is 1.44 bits per heavy atom. The number of fused-ring (bicyclic) bond motifs is 1. The summed E-state index contributed by atoms with van der Waals surface area (Å²) < 4.78 is 0. The predicted molar refractivity (Wildman–Crippen MR) is 76.3 cm³/mol. The van der Waals surface area contributed by atoms with Crippen LogP contribution >= 0.6 is 0 Å². The lowest BCUT2D eigenvalue weighted by molar-refractivity contribution is 0.0734. The number of aliphatic hydroxyl groups is 1. The molecule has 0 unspecified atom stereocenters. The Labute approximate surface area is 108 Å². The number of anilines is 2. The van der Waals surface area contributed by atoms with Crippen LogP contribution in [0.3, 0.4) is 0 Å². The molecule has 0 atom stereocenters. The molecule has 1 aromatic rings. The van der Waals surface area contributed by atoms with E-state index in [4.69, 9.17) is 5.73 Å².